The molecule has 0 radical (unpaired) electrons. The Kier molecular flexibility index (Phi) is 1.70. The van der Waals surface area contributed by atoms with Gasteiger partial charge < -0.3 is 5.11 Å². The summed E-state index contributed by atoms with van der Waals surface area (Å²) in [6.07, 6.45) is 0.497. The molecule has 0 aromatic carbocycles. The van der Waals surface area contributed by atoms with Crippen molar-refractivity contribution in [2.45, 2.75) is 25.2 Å². The van der Waals surface area contributed by atoms with Gasteiger partial charge in [-0.05, 0) is 12.3 Å². The summed E-state index contributed by atoms with van der Waals surface area (Å²) >= 11 is 0. The second kappa shape index (κ2) is 2.21. The summed E-state index contributed by atoms with van der Waals surface area (Å²) in [6.45, 7) is 0.0424. The topological polar surface area (TPSA) is 20.2 Å². The molecule has 0 saturated heterocycles. The Bertz CT molecular complexity index is 95.2. The monoisotopic (exact) mass is 136 g/mol. The first kappa shape index (κ1) is 6.93. The molecular formula is C6H10F2O. The van der Waals surface area contributed by atoms with Crippen molar-refractivity contribution in [3.05, 3.63) is 0 Å². The summed E-state index contributed by atoms with van der Waals surface area (Å²) in [5.41, 5.74) is 0. The number of hydrogen-bond acceptors (Lipinski definition) is 1. The maximum Gasteiger partial charge on any atom is 0.248 e. The van der Waals surface area contributed by atoms with Gasteiger partial charge in [0.2, 0.25) is 5.92 Å². The molecule has 9 heavy (non-hydrogen) atoms. The Morgan fingerprint density at radius 1 is 1.44 bits per heavy atom. The average Bonchev–Trinajstić information content (AvgIpc) is 1.62. The van der Waals surface area contributed by atoms with E-state index >= 15 is 0 Å². The summed E-state index contributed by atoms with van der Waals surface area (Å²) < 4.78 is 24.1. The molecule has 1 saturated carbocycles. The quantitative estimate of drug-likeness (QED) is 0.608. The Morgan fingerprint density at radius 2 is 2.00 bits per heavy atom. The predicted molar refractivity (Wildman–Crippen MR) is 29.4 cm³/mol. The third-order valence-corrected chi connectivity index (χ3v) is 1.71. The second-order valence-corrected chi connectivity index (χ2v) is 2.64. The van der Waals surface area contributed by atoms with Gasteiger partial charge in [-0.1, -0.05) is 0 Å². The van der Waals surface area contributed by atoms with Crippen molar-refractivity contribution in [3.8, 4) is 0 Å². The van der Waals surface area contributed by atoms with Crippen LogP contribution in [-0.2, 0) is 0 Å². The zero-order valence-electron chi connectivity index (χ0n) is 5.11. The number of hydrogen-bond donors (Lipinski definition) is 1. The van der Waals surface area contributed by atoms with E-state index in [2.05, 4.69) is 0 Å². The fourth-order valence-electron chi connectivity index (χ4n) is 1.17. The Labute approximate surface area is 52.7 Å². The van der Waals surface area contributed by atoms with Crippen LogP contribution in [0, 0.1) is 5.92 Å². The van der Waals surface area contributed by atoms with Gasteiger partial charge in [0, 0.05) is 19.4 Å². The summed E-state index contributed by atoms with van der Waals surface area (Å²) in [6, 6.07) is 0. The standard InChI is InChI=1S/C6H10F2O/c7-6(8)3-5(4-6)1-2-9/h5,9H,1-4H2. The minimum absolute atomic E-state index is 0.0203. The predicted octanol–water partition coefficient (Wildman–Crippen LogP) is 1.41. The van der Waals surface area contributed by atoms with Crippen LogP contribution in [0.15, 0.2) is 0 Å². The highest BCUT2D eigenvalue weighted by molar-refractivity contribution is 4.85. The lowest BCUT2D eigenvalue weighted by atomic mass is 9.79. The van der Waals surface area contributed by atoms with Crippen molar-refractivity contribution >= 4 is 0 Å². The van der Waals surface area contributed by atoms with E-state index in [1.54, 1.807) is 0 Å². The van der Waals surface area contributed by atoms with Gasteiger partial charge in [-0.15, -0.1) is 0 Å². The number of aliphatic hydroxyl groups is 1. The highest BCUT2D eigenvalue weighted by atomic mass is 19.3. The number of rotatable bonds is 2. The summed E-state index contributed by atoms with van der Waals surface area (Å²) in [5, 5.41) is 8.33. The van der Waals surface area contributed by atoms with Crippen LogP contribution in [0.2, 0.25) is 0 Å². The van der Waals surface area contributed by atoms with E-state index in [9.17, 15) is 8.78 Å². The van der Waals surface area contributed by atoms with Gasteiger partial charge in [-0.2, -0.15) is 0 Å². The van der Waals surface area contributed by atoms with Crippen LogP contribution >= 0.6 is 0 Å². The molecule has 54 valence electrons. The molecule has 0 amide bonds. The summed E-state index contributed by atoms with van der Waals surface area (Å²) in [7, 11) is 0. The molecule has 1 aliphatic carbocycles. The third kappa shape index (κ3) is 1.61. The first-order valence-corrected chi connectivity index (χ1v) is 3.13. The van der Waals surface area contributed by atoms with Crippen molar-refractivity contribution in [3.63, 3.8) is 0 Å². The van der Waals surface area contributed by atoms with Crippen LogP contribution < -0.4 is 0 Å². The van der Waals surface area contributed by atoms with Crippen molar-refractivity contribution < 1.29 is 13.9 Å². The second-order valence-electron chi connectivity index (χ2n) is 2.64. The molecular weight excluding hydrogens is 126 g/mol. The van der Waals surface area contributed by atoms with Crippen LogP contribution in [0.25, 0.3) is 0 Å². The van der Waals surface area contributed by atoms with Gasteiger partial charge in [0.05, 0.1) is 0 Å². The van der Waals surface area contributed by atoms with Gasteiger partial charge in [0.1, 0.15) is 0 Å². The molecule has 0 aromatic rings. The van der Waals surface area contributed by atoms with Gasteiger partial charge in [0.25, 0.3) is 0 Å². The molecule has 0 unspecified atom stereocenters. The normalized spacial score (nSPS) is 25.7. The zero-order valence-corrected chi connectivity index (χ0v) is 5.11. The minimum Gasteiger partial charge on any atom is -0.396 e. The average molecular weight is 136 g/mol. The highest BCUT2D eigenvalue weighted by Gasteiger charge is 2.44. The highest BCUT2D eigenvalue weighted by Crippen LogP contribution is 2.43. The van der Waals surface area contributed by atoms with E-state index in [-0.39, 0.29) is 25.4 Å². The molecule has 0 bridgehead atoms. The zero-order chi connectivity index (χ0) is 6.91. The maximum absolute atomic E-state index is 12.0. The minimum atomic E-state index is -2.42. The third-order valence-electron chi connectivity index (χ3n) is 1.71. The lowest BCUT2D eigenvalue weighted by Crippen LogP contribution is -2.35. The van der Waals surface area contributed by atoms with Crippen molar-refractivity contribution in [1.82, 2.24) is 0 Å². The molecule has 0 aromatic heterocycles. The van der Waals surface area contributed by atoms with Crippen molar-refractivity contribution in [2.24, 2.45) is 5.92 Å². The van der Waals surface area contributed by atoms with Crippen molar-refractivity contribution in [2.75, 3.05) is 6.61 Å². The van der Waals surface area contributed by atoms with Crippen LogP contribution in [0.3, 0.4) is 0 Å². The fourth-order valence-corrected chi connectivity index (χ4v) is 1.17. The van der Waals surface area contributed by atoms with E-state index in [4.69, 9.17) is 5.11 Å². The molecule has 1 fully saturated rings. The Balaban J connectivity index is 2.12. The van der Waals surface area contributed by atoms with E-state index in [0.29, 0.717) is 6.42 Å². The number of aliphatic hydroxyl groups excluding tert-OH is 1. The van der Waals surface area contributed by atoms with Crippen LogP contribution in [0.5, 0.6) is 0 Å². The van der Waals surface area contributed by atoms with Crippen LogP contribution in [0.4, 0.5) is 8.78 Å². The molecule has 0 spiro atoms. The van der Waals surface area contributed by atoms with E-state index in [1.807, 2.05) is 0 Å². The van der Waals surface area contributed by atoms with Crippen molar-refractivity contribution in [1.29, 1.82) is 0 Å². The Morgan fingerprint density at radius 3 is 2.33 bits per heavy atom. The maximum atomic E-state index is 12.0. The van der Waals surface area contributed by atoms with Gasteiger partial charge in [-0.25, -0.2) is 8.78 Å². The van der Waals surface area contributed by atoms with Crippen LogP contribution in [0.1, 0.15) is 19.3 Å². The summed E-state index contributed by atoms with van der Waals surface area (Å²) in [4.78, 5) is 0. The smallest absolute Gasteiger partial charge is 0.248 e. The van der Waals surface area contributed by atoms with Gasteiger partial charge >= 0.3 is 0 Å². The van der Waals surface area contributed by atoms with E-state index in [1.165, 1.54) is 0 Å². The number of alkyl halides is 2. The van der Waals surface area contributed by atoms with E-state index in [0.717, 1.165) is 0 Å². The van der Waals surface area contributed by atoms with Gasteiger partial charge in [0.15, 0.2) is 0 Å². The van der Waals surface area contributed by atoms with Gasteiger partial charge in [-0.3, -0.25) is 0 Å². The molecule has 1 N–H and O–H groups in total. The largest absolute Gasteiger partial charge is 0.396 e. The molecule has 1 nitrogen and oxygen atoms in total. The lowest BCUT2D eigenvalue weighted by Gasteiger charge is -2.34. The molecule has 1 rings (SSSR count). The lowest BCUT2D eigenvalue weighted by molar-refractivity contribution is -0.114. The van der Waals surface area contributed by atoms with E-state index < -0.39 is 5.92 Å². The Hall–Kier alpha value is -0.180. The number of halogens is 2. The summed E-state index contributed by atoms with van der Waals surface area (Å²) in [5.74, 6) is -2.34. The SMILES string of the molecule is OCCC1CC(F)(F)C1. The first-order chi connectivity index (χ1) is 4.14. The van der Waals surface area contributed by atoms with Crippen LogP contribution in [-0.4, -0.2) is 17.6 Å². The molecule has 0 atom stereocenters. The molecule has 0 heterocycles. The fraction of sp³-hybridized carbons (Fsp3) is 1.00. The molecule has 3 heteroatoms. The first-order valence-electron chi connectivity index (χ1n) is 3.13. The molecule has 0 aliphatic heterocycles. The molecule has 1 aliphatic rings.